The van der Waals surface area contributed by atoms with E-state index in [-0.39, 0.29) is 36.1 Å². The molecule has 0 spiro atoms. The van der Waals surface area contributed by atoms with E-state index in [1.54, 1.807) is 13.8 Å². The molecule has 0 amide bonds. The summed E-state index contributed by atoms with van der Waals surface area (Å²) in [7, 11) is -16.8. The van der Waals surface area contributed by atoms with Crippen LogP contribution in [0.2, 0.25) is 90.7 Å². The number of ketones is 2. The Bertz CT molecular complexity index is 824. The van der Waals surface area contributed by atoms with E-state index in [9.17, 15) is 19.8 Å². The zero-order valence-corrected chi connectivity index (χ0v) is 34.1. The lowest BCUT2D eigenvalue weighted by Crippen LogP contribution is -2.67. The number of carbonyl (C=O) groups is 2. The fourth-order valence-electron chi connectivity index (χ4n) is 3.99. The van der Waals surface area contributed by atoms with Gasteiger partial charge in [-0.15, -0.1) is 0 Å². The van der Waals surface area contributed by atoms with Gasteiger partial charge in [0, 0.05) is 12.1 Å². The third-order valence-electron chi connectivity index (χ3n) is 5.05. The van der Waals surface area contributed by atoms with E-state index >= 15 is 0 Å². The van der Waals surface area contributed by atoms with Crippen LogP contribution >= 0.6 is 0 Å². The van der Waals surface area contributed by atoms with Crippen LogP contribution in [-0.2, 0) is 30.2 Å². The highest BCUT2D eigenvalue weighted by Gasteiger charge is 2.58. The average Bonchev–Trinajstić information content (AvgIpc) is 2.69. The van der Waals surface area contributed by atoms with Crippen LogP contribution in [0.5, 0.6) is 0 Å². The Hall–Kier alpha value is -0.159. The molecule has 0 heterocycles. The maximum Gasteiger partial charge on any atom is 0.472 e. The van der Waals surface area contributed by atoms with Crippen molar-refractivity contribution in [2.24, 2.45) is 0 Å². The zero-order valence-electron chi connectivity index (χ0n) is 28.1. The summed E-state index contributed by atoms with van der Waals surface area (Å²) in [6, 6.07) is 0.349. The van der Waals surface area contributed by atoms with E-state index in [1.807, 2.05) is 78.6 Å². The Balaban J connectivity index is 7.16. The molecule has 0 aliphatic rings. The SMILES string of the molecule is C=C(C)C(=O)C(O)CC[Si](O[Si](C)(C)C)(O[Si](C)(C)C)O[Si](CCC(O)C(=O)C(=C)C)(O[Si](C)(C)C)O[Si](C)(C)C. The highest BCUT2D eigenvalue weighted by Crippen LogP contribution is 2.36. The van der Waals surface area contributed by atoms with Crippen molar-refractivity contribution >= 4 is 62.4 Å². The highest BCUT2D eigenvalue weighted by atomic mass is 28.5. The molecule has 0 aliphatic carbocycles. The van der Waals surface area contributed by atoms with Gasteiger partial charge in [0.05, 0.1) is 0 Å². The van der Waals surface area contributed by atoms with Crippen molar-refractivity contribution in [2.45, 2.75) is 130 Å². The number of rotatable bonds is 20. The summed E-state index contributed by atoms with van der Waals surface area (Å²) < 4.78 is 34.6. The molecule has 0 radical (unpaired) electrons. The van der Waals surface area contributed by atoms with E-state index in [0.717, 1.165) is 0 Å². The molecule has 15 heteroatoms. The van der Waals surface area contributed by atoms with Crippen molar-refractivity contribution in [1.29, 1.82) is 0 Å². The van der Waals surface area contributed by atoms with Gasteiger partial charge in [-0.2, -0.15) is 0 Å². The minimum Gasteiger partial charge on any atom is -0.417 e. The molecule has 9 nitrogen and oxygen atoms in total. The number of carbonyl (C=O) groups excluding carboxylic acids is 2. The molecular weight excluding hydrogens is 625 g/mol. The highest BCUT2D eigenvalue weighted by molar-refractivity contribution is 6.92. The Morgan fingerprint density at radius 1 is 0.537 bits per heavy atom. The summed E-state index contributed by atoms with van der Waals surface area (Å²) >= 11 is 0. The number of aliphatic hydroxyl groups is 2. The van der Waals surface area contributed by atoms with E-state index in [1.165, 1.54) is 0 Å². The standard InChI is InChI=1S/C26H58O9Si6/c1-21(2)25(29)23(27)17-19-40(31-36(5,6)7,32-37(8,9)10)35-41(33-38(11,12)13,34-39(14,15)16)20-18-24(28)26(30)22(3)4/h23-24,27-28H,1,3,17-20H2,2,4-16H3. The largest absolute Gasteiger partial charge is 0.472 e. The summed E-state index contributed by atoms with van der Waals surface area (Å²) in [5.74, 6) is -0.869. The topological polar surface area (TPSA) is 121 Å². The van der Waals surface area contributed by atoms with Crippen LogP contribution in [0, 0.1) is 0 Å². The van der Waals surface area contributed by atoms with Gasteiger partial charge in [0.1, 0.15) is 12.2 Å². The van der Waals surface area contributed by atoms with E-state index < -0.39 is 74.7 Å². The molecule has 2 N–H and O–H groups in total. The van der Waals surface area contributed by atoms with Gasteiger partial charge in [0.25, 0.3) is 0 Å². The molecule has 0 aliphatic heterocycles. The van der Waals surface area contributed by atoms with E-state index in [4.69, 9.17) is 20.6 Å². The first-order valence-electron chi connectivity index (χ1n) is 14.3. The van der Waals surface area contributed by atoms with Gasteiger partial charge in [0.2, 0.25) is 0 Å². The number of Topliss-reactive ketones (excluding diaryl/α,β-unsaturated/α-hetero) is 2. The Kier molecular flexibility index (Phi) is 15.2. The first-order valence-corrected chi connectivity index (χ1v) is 31.8. The van der Waals surface area contributed by atoms with Crippen LogP contribution in [0.15, 0.2) is 24.3 Å². The first kappa shape index (κ1) is 40.8. The van der Waals surface area contributed by atoms with Crippen LogP contribution in [0.4, 0.5) is 0 Å². The third kappa shape index (κ3) is 17.1. The van der Waals surface area contributed by atoms with Crippen molar-refractivity contribution in [3.8, 4) is 0 Å². The van der Waals surface area contributed by atoms with Gasteiger partial charge in [-0.1, -0.05) is 13.2 Å². The van der Waals surface area contributed by atoms with Crippen LogP contribution in [0.3, 0.4) is 0 Å². The second kappa shape index (κ2) is 15.2. The molecule has 240 valence electrons. The van der Waals surface area contributed by atoms with Gasteiger partial charge < -0.3 is 30.8 Å². The zero-order chi connectivity index (χ0) is 32.8. The lowest BCUT2D eigenvalue weighted by atomic mass is 10.1. The monoisotopic (exact) mass is 682 g/mol. The molecule has 0 bridgehead atoms. The second-order valence-corrected chi connectivity index (χ2v) is 39.4. The first-order chi connectivity index (χ1) is 18.0. The Morgan fingerprint density at radius 2 is 0.756 bits per heavy atom. The molecule has 0 aromatic heterocycles. The van der Waals surface area contributed by atoms with Gasteiger partial charge in [-0.3, -0.25) is 9.59 Å². The molecule has 2 atom stereocenters. The fraction of sp³-hybridized carbons (Fsp3) is 0.769. The minimum absolute atomic E-state index is 0.0635. The summed E-state index contributed by atoms with van der Waals surface area (Å²) in [6.07, 6.45) is -2.43. The van der Waals surface area contributed by atoms with E-state index in [2.05, 4.69) is 13.2 Å². The summed E-state index contributed by atoms with van der Waals surface area (Å²) in [6.45, 7) is 35.0. The smallest absolute Gasteiger partial charge is 0.417 e. The van der Waals surface area contributed by atoms with Gasteiger partial charge in [-0.25, -0.2) is 0 Å². The molecule has 0 rings (SSSR count). The molecule has 41 heavy (non-hydrogen) atoms. The molecule has 2 unspecified atom stereocenters. The Labute approximate surface area is 255 Å². The Morgan fingerprint density at radius 3 is 0.927 bits per heavy atom. The van der Waals surface area contributed by atoms with Crippen molar-refractivity contribution in [3.05, 3.63) is 24.3 Å². The fourth-order valence-corrected chi connectivity index (χ4v) is 27.8. The lowest BCUT2D eigenvalue weighted by Gasteiger charge is -2.47. The summed E-state index contributed by atoms with van der Waals surface area (Å²) in [5.41, 5.74) is 0.541. The normalized spacial score (nSPS) is 15.4. The van der Waals surface area contributed by atoms with Gasteiger partial charge in [0.15, 0.2) is 44.8 Å². The number of aliphatic hydroxyl groups excluding tert-OH is 2. The summed E-state index contributed by atoms with van der Waals surface area (Å²) in [5, 5.41) is 21.5. The van der Waals surface area contributed by atoms with Crippen LogP contribution in [0.25, 0.3) is 0 Å². The minimum atomic E-state index is -3.71. The maximum atomic E-state index is 12.6. The van der Waals surface area contributed by atoms with Crippen LogP contribution < -0.4 is 0 Å². The molecule has 0 fully saturated rings. The second-order valence-electron chi connectivity index (χ2n) is 14.7. The third-order valence-corrected chi connectivity index (χ3v) is 24.1. The summed E-state index contributed by atoms with van der Waals surface area (Å²) in [4.78, 5) is 25.1. The predicted octanol–water partition coefficient (Wildman–Crippen LogP) is 6.08. The number of hydrogen-bond acceptors (Lipinski definition) is 9. The van der Waals surface area contributed by atoms with Crippen molar-refractivity contribution in [2.75, 3.05) is 0 Å². The molecule has 0 saturated carbocycles. The van der Waals surface area contributed by atoms with Gasteiger partial charge >= 0.3 is 17.6 Å². The average molecular weight is 683 g/mol. The predicted molar refractivity (Wildman–Crippen MR) is 181 cm³/mol. The molecule has 0 saturated heterocycles. The van der Waals surface area contributed by atoms with Crippen molar-refractivity contribution < 1.29 is 40.4 Å². The lowest BCUT2D eigenvalue weighted by molar-refractivity contribution is -0.123. The van der Waals surface area contributed by atoms with Crippen LogP contribution in [0.1, 0.15) is 26.7 Å². The quantitative estimate of drug-likeness (QED) is 0.116. The molecular formula is C26H58O9Si6. The van der Waals surface area contributed by atoms with Crippen molar-refractivity contribution in [3.63, 3.8) is 0 Å². The van der Waals surface area contributed by atoms with Crippen molar-refractivity contribution in [1.82, 2.24) is 0 Å². The van der Waals surface area contributed by atoms with Crippen LogP contribution in [-0.4, -0.2) is 84.9 Å². The number of hydrogen-bond donors (Lipinski definition) is 2. The van der Waals surface area contributed by atoms with Gasteiger partial charge in [-0.05, 0) is 116 Å². The van der Waals surface area contributed by atoms with E-state index in [0.29, 0.717) is 0 Å². The molecule has 0 aromatic rings. The molecule has 0 aromatic carbocycles. The maximum absolute atomic E-state index is 12.6.